The standard InChI is InChI=1S/C12H22BrN5O/c1-4-5-6-9(7-13)8-18(3)17-12(19)10(16-2)11(14)15/h5-6,8,16H,4,7,14-15H2,1-3H3,(H,17,19)/b6-5-,9-8+. The van der Waals surface area contributed by atoms with Crippen LogP contribution in [-0.2, 0) is 4.79 Å². The fraction of sp³-hybridized carbons (Fsp3) is 0.417. The third kappa shape index (κ3) is 6.76. The molecule has 0 fully saturated rings. The number of likely N-dealkylation sites (N-methyl/N-ethyl adjacent to an activating group) is 1. The lowest BCUT2D eigenvalue weighted by Crippen LogP contribution is -2.41. The Morgan fingerprint density at radius 3 is 2.47 bits per heavy atom. The molecule has 0 rings (SSSR count). The van der Waals surface area contributed by atoms with Crippen LogP contribution < -0.4 is 22.2 Å². The van der Waals surface area contributed by atoms with E-state index in [4.69, 9.17) is 11.5 Å². The number of hydrogen-bond donors (Lipinski definition) is 4. The number of rotatable bonds is 7. The number of nitrogens with one attached hydrogen (secondary N) is 2. The highest BCUT2D eigenvalue weighted by atomic mass is 79.9. The molecule has 0 aromatic rings. The van der Waals surface area contributed by atoms with E-state index in [1.54, 1.807) is 25.3 Å². The Labute approximate surface area is 122 Å². The normalized spacial score (nSPS) is 11.3. The highest BCUT2D eigenvalue weighted by Crippen LogP contribution is 2.03. The van der Waals surface area contributed by atoms with E-state index in [1.807, 2.05) is 12.2 Å². The highest BCUT2D eigenvalue weighted by Gasteiger charge is 2.11. The average Bonchev–Trinajstić information content (AvgIpc) is 2.34. The summed E-state index contributed by atoms with van der Waals surface area (Å²) in [4.78, 5) is 11.8. The molecule has 0 saturated heterocycles. The summed E-state index contributed by atoms with van der Waals surface area (Å²) in [5.74, 6) is -0.446. The largest absolute Gasteiger partial charge is 0.384 e. The minimum Gasteiger partial charge on any atom is -0.384 e. The van der Waals surface area contributed by atoms with Crippen molar-refractivity contribution in [1.82, 2.24) is 15.8 Å². The van der Waals surface area contributed by atoms with Gasteiger partial charge in [0, 0.05) is 25.6 Å². The van der Waals surface area contributed by atoms with Crippen LogP contribution >= 0.6 is 15.9 Å². The molecule has 108 valence electrons. The zero-order valence-corrected chi connectivity index (χ0v) is 13.1. The van der Waals surface area contributed by atoms with Crippen LogP contribution in [0.3, 0.4) is 0 Å². The van der Waals surface area contributed by atoms with Gasteiger partial charge in [0.05, 0.1) is 0 Å². The molecule has 6 N–H and O–H groups in total. The highest BCUT2D eigenvalue weighted by molar-refractivity contribution is 9.09. The van der Waals surface area contributed by atoms with E-state index >= 15 is 0 Å². The smallest absolute Gasteiger partial charge is 0.289 e. The molecule has 0 spiro atoms. The summed E-state index contributed by atoms with van der Waals surface area (Å²) in [6, 6.07) is 0. The Morgan fingerprint density at radius 1 is 1.42 bits per heavy atom. The molecule has 0 aliphatic carbocycles. The van der Waals surface area contributed by atoms with Crippen molar-refractivity contribution in [1.29, 1.82) is 0 Å². The van der Waals surface area contributed by atoms with Crippen molar-refractivity contribution in [3.63, 3.8) is 0 Å². The van der Waals surface area contributed by atoms with Crippen LogP contribution in [0.5, 0.6) is 0 Å². The van der Waals surface area contributed by atoms with Gasteiger partial charge in [0.25, 0.3) is 5.91 Å². The first-order valence-electron chi connectivity index (χ1n) is 5.86. The molecular formula is C12H22BrN5O. The van der Waals surface area contributed by atoms with Gasteiger partial charge in [-0.2, -0.15) is 0 Å². The Morgan fingerprint density at radius 2 is 2.05 bits per heavy atom. The molecule has 6 nitrogen and oxygen atoms in total. The van der Waals surface area contributed by atoms with E-state index < -0.39 is 5.91 Å². The number of amides is 1. The van der Waals surface area contributed by atoms with E-state index in [2.05, 4.69) is 33.6 Å². The van der Waals surface area contributed by atoms with Crippen molar-refractivity contribution in [3.8, 4) is 0 Å². The van der Waals surface area contributed by atoms with Crippen LogP contribution in [0.1, 0.15) is 13.3 Å². The number of hydrogen-bond acceptors (Lipinski definition) is 5. The zero-order valence-electron chi connectivity index (χ0n) is 11.5. The molecular weight excluding hydrogens is 310 g/mol. The second-order valence-corrected chi connectivity index (χ2v) is 4.34. The molecule has 0 saturated carbocycles. The third-order valence-electron chi connectivity index (χ3n) is 2.13. The van der Waals surface area contributed by atoms with Crippen molar-refractivity contribution in [3.05, 3.63) is 35.4 Å². The fourth-order valence-corrected chi connectivity index (χ4v) is 1.61. The first kappa shape index (κ1) is 17.4. The van der Waals surface area contributed by atoms with Crippen LogP contribution in [0, 0.1) is 0 Å². The van der Waals surface area contributed by atoms with Crippen LogP contribution in [0.15, 0.2) is 35.4 Å². The van der Waals surface area contributed by atoms with Gasteiger partial charge in [-0.1, -0.05) is 35.0 Å². The lowest BCUT2D eigenvalue weighted by atomic mass is 10.3. The van der Waals surface area contributed by atoms with Crippen molar-refractivity contribution in [2.45, 2.75) is 13.3 Å². The maximum atomic E-state index is 11.8. The van der Waals surface area contributed by atoms with Gasteiger partial charge < -0.3 is 16.8 Å². The molecule has 0 unspecified atom stereocenters. The molecule has 7 heteroatoms. The summed E-state index contributed by atoms with van der Waals surface area (Å²) >= 11 is 3.39. The number of allylic oxidation sites excluding steroid dienone is 3. The summed E-state index contributed by atoms with van der Waals surface area (Å²) < 4.78 is 0. The predicted molar refractivity (Wildman–Crippen MR) is 81.7 cm³/mol. The number of halogens is 1. The van der Waals surface area contributed by atoms with Gasteiger partial charge in [-0.25, -0.2) is 0 Å². The van der Waals surface area contributed by atoms with Gasteiger partial charge in [0.2, 0.25) is 0 Å². The van der Waals surface area contributed by atoms with E-state index in [0.29, 0.717) is 5.33 Å². The lowest BCUT2D eigenvalue weighted by Gasteiger charge is -2.18. The van der Waals surface area contributed by atoms with Gasteiger partial charge >= 0.3 is 0 Å². The second kappa shape index (κ2) is 9.32. The van der Waals surface area contributed by atoms with Crippen molar-refractivity contribution in [2.75, 3.05) is 19.4 Å². The molecule has 0 heterocycles. The maximum absolute atomic E-state index is 11.8. The fourth-order valence-electron chi connectivity index (χ4n) is 1.28. The Kier molecular flexibility index (Phi) is 8.52. The van der Waals surface area contributed by atoms with Crippen LogP contribution in [0.25, 0.3) is 0 Å². The number of hydrazine groups is 1. The minimum absolute atomic E-state index is 0.0519. The Bertz CT molecular complexity index is 386. The molecule has 0 aromatic carbocycles. The topological polar surface area (TPSA) is 96.4 Å². The molecule has 0 radical (unpaired) electrons. The minimum atomic E-state index is -0.394. The summed E-state index contributed by atoms with van der Waals surface area (Å²) in [5, 5.41) is 4.90. The van der Waals surface area contributed by atoms with E-state index in [1.165, 1.54) is 0 Å². The summed E-state index contributed by atoms with van der Waals surface area (Å²) in [7, 11) is 3.30. The zero-order chi connectivity index (χ0) is 14.8. The monoisotopic (exact) mass is 331 g/mol. The van der Waals surface area contributed by atoms with E-state index in [9.17, 15) is 4.79 Å². The number of carbonyl (C=O) groups is 1. The third-order valence-corrected chi connectivity index (χ3v) is 2.77. The quantitative estimate of drug-likeness (QED) is 0.236. The second-order valence-electron chi connectivity index (χ2n) is 3.78. The SMILES string of the molecule is CC/C=C\C(=C/N(C)NC(=O)C(NC)=C(N)N)CBr. The van der Waals surface area contributed by atoms with Gasteiger partial charge in [-0.05, 0) is 12.0 Å². The average molecular weight is 332 g/mol. The molecule has 0 bridgehead atoms. The molecule has 0 aromatic heterocycles. The summed E-state index contributed by atoms with van der Waals surface area (Å²) in [6.45, 7) is 2.06. The van der Waals surface area contributed by atoms with Crippen LogP contribution in [0.2, 0.25) is 0 Å². The van der Waals surface area contributed by atoms with Crippen molar-refractivity contribution >= 4 is 21.8 Å². The molecule has 19 heavy (non-hydrogen) atoms. The maximum Gasteiger partial charge on any atom is 0.289 e. The van der Waals surface area contributed by atoms with Gasteiger partial charge in [-0.15, -0.1) is 0 Å². The molecule has 0 atom stereocenters. The molecule has 1 amide bonds. The van der Waals surface area contributed by atoms with E-state index in [0.717, 1.165) is 12.0 Å². The van der Waals surface area contributed by atoms with E-state index in [-0.39, 0.29) is 11.5 Å². The number of alkyl halides is 1. The van der Waals surface area contributed by atoms with Crippen LogP contribution in [0.4, 0.5) is 0 Å². The van der Waals surface area contributed by atoms with Gasteiger partial charge in [0.15, 0.2) is 0 Å². The summed E-state index contributed by atoms with van der Waals surface area (Å²) in [6.07, 6.45) is 6.79. The number of nitrogens with zero attached hydrogens (tertiary/aromatic N) is 1. The molecule has 0 aliphatic heterocycles. The van der Waals surface area contributed by atoms with Crippen LogP contribution in [-0.4, -0.2) is 30.3 Å². The molecule has 0 aliphatic rings. The number of carbonyl (C=O) groups excluding carboxylic acids is 1. The Hall–Kier alpha value is -1.63. The predicted octanol–water partition coefficient (Wildman–Crippen LogP) is 0.500. The lowest BCUT2D eigenvalue weighted by molar-refractivity contribution is -0.121. The van der Waals surface area contributed by atoms with Gasteiger partial charge in [0.1, 0.15) is 11.5 Å². The Balaban J connectivity index is 4.73. The first-order valence-corrected chi connectivity index (χ1v) is 6.98. The van der Waals surface area contributed by atoms with Gasteiger partial charge in [-0.3, -0.25) is 15.2 Å². The number of nitrogens with two attached hydrogens (primary N) is 2. The summed E-state index contributed by atoms with van der Waals surface area (Å²) in [5.41, 5.74) is 14.6. The first-order chi connectivity index (χ1) is 8.96. The van der Waals surface area contributed by atoms with Crippen molar-refractivity contribution in [2.24, 2.45) is 11.5 Å². The van der Waals surface area contributed by atoms with Crippen molar-refractivity contribution < 1.29 is 4.79 Å².